The molecule has 0 fully saturated rings. The Morgan fingerprint density at radius 3 is 2.57 bits per heavy atom. The van der Waals surface area contributed by atoms with Gasteiger partial charge in [0.25, 0.3) is 0 Å². The first kappa shape index (κ1) is 15.0. The number of hydrogen-bond donors (Lipinski definition) is 3. The van der Waals surface area contributed by atoms with Gasteiger partial charge in [-0.1, -0.05) is 12.1 Å². The summed E-state index contributed by atoms with van der Waals surface area (Å²) in [5.41, 5.74) is 3.79. The van der Waals surface area contributed by atoms with Crippen molar-refractivity contribution in [3.05, 3.63) is 52.0 Å². The van der Waals surface area contributed by atoms with Gasteiger partial charge in [-0.15, -0.1) is 11.3 Å². The van der Waals surface area contributed by atoms with Gasteiger partial charge in [0.1, 0.15) is 0 Å². The van der Waals surface area contributed by atoms with Crippen molar-refractivity contribution in [3.8, 4) is 0 Å². The predicted molar refractivity (Wildman–Crippen MR) is 79.5 cm³/mol. The van der Waals surface area contributed by atoms with Crippen LogP contribution in [0.3, 0.4) is 0 Å². The minimum Gasteiger partial charge on any atom is -0.478 e. The summed E-state index contributed by atoms with van der Waals surface area (Å²) in [6, 6.07) is 6.13. The number of thiazole rings is 1. The third kappa shape index (κ3) is 4.88. The van der Waals surface area contributed by atoms with Crippen molar-refractivity contribution < 1.29 is 14.7 Å². The Balaban J connectivity index is 1.69. The lowest BCUT2D eigenvalue weighted by Gasteiger charge is -2.07. The Bertz CT molecular complexity index is 596. The van der Waals surface area contributed by atoms with Crippen LogP contribution in [-0.2, 0) is 13.0 Å². The zero-order valence-electron chi connectivity index (χ0n) is 11.2. The van der Waals surface area contributed by atoms with Crippen LogP contribution in [0.5, 0.6) is 0 Å². The molecule has 0 aliphatic rings. The molecule has 2 aromatic rings. The molecule has 0 atom stereocenters. The monoisotopic (exact) mass is 305 g/mol. The molecule has 2 amide bonds. The summed E-state index contributed by atoms with van der Waals surface area (Å²) < 4.78 is 0. The van der Waals surface area contributed by atoms with E-state index in [1.807, 2.05) is 5.38 Å². The fourth-order valence-electron chi connectivity index (χ4n) is 1.68. The number of aromatic nitrogens is 1. The summed E-state index contributed by atoms with van der Waals surface area (Å²) in [7, 11) is 0. The van der Waals surface area contributed by atoms with E-state index in [9.17, 15) is 9.59 Å². The normalized spacial score (nSPS) is 10.1. The smallest absolute Gasteiger partial charge is 0.335 e. The van der Waals surface area contributed by atoms with Gasteiger partial charge in [-0.05, 0) is 17.7 Å². The molecule has 7 heteroatoms. The molecule has 1 aromatic heterocycles. The number of carboxylic acids is 1. The number of aromatic carboxylic acids is 1. The molecule has 0 bridgehead atoms. The molecule has 0 saturated heterocycles. The summed E-state index contributed by atoms with van der Waals surface area (Å²) in [4.78, 5) is 26.4. The lowest BCUT2D eigenvalue weighted by Crippen LogP contribution is -2.36. The first-order valence-corrected chi connectivity index (χ1v) is 7.30. The molecule has 0 aliphatic carbocycles. The summed E-state index contributed by atoms with van der Waals surface area (Å²) in [5, 5.41) is 16.2. The Kier molecular flexibility index (Phi) is 5.28. The second-order valence-corrected chi connectivity index (χ2v) is 5.06. The highest BCUT2D eigenvalue weighted by molar-refractivity contribution is 7.07. The van der Waals surface area contributed by atoms with Crippen LogP contribution in [0.25, 0.3) is 0 Å². The summed E-state index contributed by atoms with van der Waals surface area (Å²) >= 11 is 1.53. The molecule has 0 aliphatic heterocycles. The topological polar surface area (TPSA) is 91.3 Å². The van der Waals surface area contributed by atoms with Crippen LogP contribution < -0.4 is 10.6 Å². The number of nitrogens with zero attached hydrogens (tertiary/aromatic N) is 1. The molecular weight excluding hydrogens is 290 g/mol. The Hall–Kier alpha value is -2.41. The van der Waals surface area contributed by atoms with Crippen LogP contribution in [0.2, 0.25) is 0 Å². The average molecular weight is 305 g/mol. The lowest BCUT2D eigenvalue weighted by molar-refractivity contribution is 0.0697. The van der Waals surface area contributed by atoms with E-state index in [2.05, 4.69) is 15.6 Å². The van der Waals surface area contributed by atoms with Crippen molar-refractivity contribution in [2.24, 2.45) is 0 Å². The first-order valence-electron chi connectivity index (χ1n) is 6.36. The van der Waals surface area contributed by atoms with Crippen molar-refractivity contribution in [2.45, 2.75) is 13.0 Å². The molecule has 1 aromatic carbocycles. The first-order chi connectivity index (χ1) is 10.1. The Morgan fingerprint density at radius 2 is 1.95 bits per heavy atom. The molecular formula is C14H15N3O3S. The van der Waals surface area contributed by atoms with E-state index in [4.69, 9.17) is 5.11 Å². The highest BCUT2D eigenvalue weighted by Gasteiger charge is 2.03. The number of benzene rings is 1. The number of amides is 2. The van der Waals surface area contributed by atoms with Gasteiger partial charge >= 0.3 is 12.0 Å². The molecule has 3 N–H and O–H groups in total. The largest absolute Gasteiger partial charge is 0.478 e. The Labute approximate surface area is 125 Å². The number of urea groups is 1. The van der Waals surface area contributed by atoms with Crippen LogP contribution in [0.1, 0.15) is 21.6 Å². The molecule has 6 nitrogen and oxygen atoms in total. The van der Waals surface area contributed by atoms with Gasteiger partial charge < -0.3 is 15.7 Å². The van der Waals surface area contributed by atoms with Crippen LogP contribution in [0, 0.1) is 0 Å². The molecule has 21 heavy (non-hydrogen) atoms. The molecule has 0 radical (unpaired) electrons. The summed E-state index contributed by atoms with van der Waals surface area (Å²) in [5.74, 6) is -0.964. The SMILES string of the molecule is O=C(NCCc1cscn1)NCc1ccc(C(=O)O)cc1. The number of nitrogens with one attached hydrogen (secondary N) is 2. The molecule has 1 heterocycles. The highest BCUT2D eigenvalue weighted by atomic mass is 32.1. The van der Waals surface area contributed by atoms with Gasteiger partial charge in [-0.3, -0.25) is 0 Å². The average Bonchev–Trinajstić information content (AvgIpc) is 2.99. The van der Waals surface area contributed by atoms with Crippen LogP contribution in [0.15, 0.2) is 35.2 Å². The number of carboxylic acid groups (broad SMARTS) is 1. The van der Waals surface area contributed by atoms with Crippen molar-refractivity contribution in [3.63, 3.8) is 0 Å². The molecule has 110 valence electrons. The Morgan fingerprint density at radius 1 is 1.19 bits per heavy atom. The maximum absolute atomic E-state index is 11.6. The van der Waals surface area contributed by atoms with Crippen molar-refractivity contribution in [1.29, 1.82) is 0 Å². The maximum atomic E-state index is 11.6. The zero-order chi connectivity index (χ0) is 15.1. The maximum Gasteiger partial charge on any atom is 0.335 e. The van der Waals surface area contributed by atoms with Crippen molar-refractivity contribution >= 4 is 23.3 Å². The van der Waals surface area contributed by atoms with Gasteiger partial charge in [-0.2, -0.15) is 0 Å². The standard InChI is InChI=1S/C14H15N3O3S/c18-13(19)11-3-1-10(2-4-11)7-16-14(20)15-6-5-12-8-21-9-17-12/h1-4,8-9H,5-7H2,(H,18,19)(H2,15,16,20). The van der Waals surface area contributed by atoms with Gasteiger partial charge in [0.2, 0.25) is 0 Å². The number of hydrogen-bond acceptors (Lipinski definition) is 4. The second-order valence-electron chi connectivity index (χ2n) is 4.34. The van der Waals surface area contributed by atoms with Crippen molar-refractivity contribution in [2.75, 3.05) is 6.54 Å². The van der Waals surface area contributed by atoms with Crippen LogP contribution >= 0.6 is 11.3 Å². The fraction of sp³-hybridized carbons (Fsp3) is 0.214. The van der Waals surface area contributed by atoms with E-state index < -0.39 is 5.97 Å². The van der Waals surface area contributed by atoms with Crippen molar-refractivity contribution in [1.82, 2.24) is 15.6 Å². The fourth-order valence-corrected chi connectivity index (χ4v) is 2.27. The van der Waals surface area contributed by atoms with E-state index in [1.54, 1.807) is 17.6 Å². The van der Waals surface area contributed by atoms with Gasteiger partial charge in [0.15, 0.2) is 0 Å². The third-order valence-corrected chi connectivity index (χ3v) is 3.44. The van der Waals surface area contributed by atoms with E-state index in [1.165, 1.54) is 23.5 Å². The predicted octanol–water partition coefficient (Wildman–Crippen LogP) is 1.88. The van der Waals surface area contributed by atoms with Gasteiger partial charge in [-0.25, -0.2) is 14.6 Å². The van der Waals surface area contributed by atoms with Gasteiger partial charge in [0, 0.05) is 24.9 Å². The van der Waals surface area contributed by atoms with E-state index >= 15 is 0 Å². The second kappa shape index (κ2) is 7.39. The molecule has 2 rings (SSSR count). The zero-order valence-corrected chi connectivity index (χ0v) is 12.0. The number of rotatable bonds is 6. The highest BCUT2D eigenvalue weighted by Crippen LogP contribution is 2.04. The van der Waals surface area contributed by atoms with E-state index in [0.717, 1.165) is 11.3 Å². The third-order valence-electron chi connectivity index (χ3n) is 2.80. The lowest BCUT2D eigenvalue weighted by atomic mass is 10.1. The molecule has 0 saturated carbocycles. The van der Waals surface area contributed by atoms with E-state index in [0.29, 0.717) is 19.5 Å². The number of carbonyl (C=O) groups excluding carboxylic acids is 1. The van der Waals surface area contributed by atoms with Crippen LogP contribution in [0.4, 0.5) is 4.79 Å². The summed E-state index contributed by atoms with van der Waals surface area (Å²) in [6.07, 6.45) is 0.699. The molecule has 0 unspecified atom stereocenters. The van der Waals surface area contributed by atoms with E-state index in [-0.39, 0.29) is 11.6 Å². The minimum atomic E-state index is -0.964. The van der Waals surface area contributed by atoms with Crippen LogP contribution in [-0.4, -0.2) is 28.6 Å². The molecule has 0 spiro atoms. The van der Waals surface area contributed by atoms with Gasteiger partial charge in [0.05, 0.1) is 16.8 Å². The summed E-state index contributed by atoms with van der Waals surface area (Å²) in [6.45, 7) is 0.871. The quantitative estimate of drug-likeness (QED) is 0.760. The minimum absolute atomic E-state index is 0.228. The number of carbonyl (C=O) groups is 2.